The number of ether oxygens (including phenoxy) is 1. The van der Waals surface area contributed by atoms with E-state index in [-0.39, 0.29) is 15.2 Å². The maximum atomic E-state index is 12.1. The van der Waals surface area contributed by atoms with Crippen molar-refractivity contribution in [2.24, 2.45) is 0 Å². The zero-order valence-electron chi connectivity index (χ0n) is 10.2. The van der Waals surface area contributed by atoms with Crippen molar-refractivity contribution in [2.75, 3.05) is 6.61 Å². The Balaban J connectivity index is 2.05. The third-order valence-corrected chi connectivity index (χ3v) is 4.79. The predicted octanol–water partition coefficient (Wildman–Crippen LogP) is 3.40. The van der Waals surface area contributed by atoms with Gasteiger partial charge in [-0.2, -0.15) is 0 Å². The number of nitrogens with zero attached hydrogens (tertiary/aromatic N) is 2. The molecule has 0 atom stereocenters. The van der Waals surface area contributed by atoms with E-state index in [1.165, 1.54) is 10.9 Å². The van der Waals surface area contributed by atoms with Crippen molar-refractivity contribution in [2.45, 2.75) is 13.0 Å². The monoisotopic (exact) mass is 418 g/mol. The van der Waals surface area contributed by atoms with E-state index < -0.39 is 0 Å². The highest BCUT2D eigenvalue weighted by atomic mass is 79.9. The average molecular weight is 420 g/mol. The van der Waals surface area contributed by atoms with Gasteiger partial charge in [0.15, 0.2) is 5.15 Å². The number of halogens is 3. The zero-order chi connectivity index (χ0) is 14.3. The lowest BCUT2D eigenvalue weighted by atomic mass is 10.1. The second-order valence-corrected chi connectivity index (χ2v) is 6.50. The summed E-state index contributed by atoms with van der Waals surface area (Å²) in [4.78, 5) is 16.1. The van der Waals surface area contributed by atoms with E-state index in [9.17, 15) is 4.79 Å². The Labute approximate surface area is 137 Å². The maximum absolute atomic E-state index is 12.1. The first kappa shape index (κ1) is 14.1. The molecular weight excluding hydrogens is 411 g/mol. The molecule has 0 N–H and O–H groups in total. The summed E-state index contributed by atoms with van der Waals surface area (Å²) in [5.41, 5.74) is 1.89. The van der Waals surface area contributed by atoms with Crippen molar-refractivity contribution in [3.63, 3.8) is 0 Å². The molecule has 0 saturated heterocycles. The molecule has 1 aromatic carbocycles. The first-order chi connectivity index (χ1) is 9.56. The van der Waals surface area contributed by atoms with Crippen LogP contribution in [-0.4, -0.2) is 16.2 Å². The maximum Gasteiger partial charge on any atom is 0.269 e. The van der Waals surface area contributed by atoms with Crippen LogP contribution < -0.4 is 10.3 Å². The lowest BCUT2D eigenvalue weighted by Gasteiger charge is -2.11. The van der Waals surface area contributed by atoms with Crippen molar-refractivity contribution >= 4 is 43.5 Å². The Bertz CT molecular complexity index is 746. The summed E-state index contributed by atoms with van der Waals surface area (Å²) in [6, 6.07) is 4.00. The molecule has 1 aliphatic heterocycles. The van der Waals surface area contributed by atoms with Crippen LogP contribution in [0.15, 0.2) is 32.2 Å². The van der Waals surface area contributed by atoms with Crippen LogP contribution in [0, 0.1) is 0 Å². The highest BCUT2D eigenvalue weighted by Gasteiger charge is 2.18. The SMILES string of the molecule is O=c1c(Br)c(Cl)ncn1Cc1cc(Br)cc2c1OCC2. The number of fused-ring (bicyclic) bond motifs is 1. The molecule has 0 fully saturated rings. The van der Waals surface area contributed by atoms with Crippen molar-refractivity contribution in [1.29, 1.82) is 0 Å². The van der Waals surface area contributed by atoms with Gasteiger partial charge in [-0.3, -0.25) is 9.36 Å². The topological polar surface area (TPSA) is 44.1 Å². The molecular formula is C13H9Br2ClN2O2. The highest BCUT2D eigenvalue weighted by molar-refractivity contribution is 9.10. The van der Waals surface area contributed by atoms with E-state index in [1.807, 2.05) is 12.1 Å². The van der Waals surface area contributed by atoms with Gasteiger partial charge in [0.25, 0.3) is 5.56 Å². The lowest BCUT2D eigenvalue weighted by molar-refractivity contribution is 0.352. The number of hydrogen-bond acceptors (Lipinski definition) is 3. The van der Waals surface area contributed by atoms with E-state index in [4.69, 9.17) is 16.3 Å². The first-order valence-corrected chi connectivity index (χ1v) is 7.87. The Morgan fingerprint density at radius 1 is 1.40 bits per heavy atom. The molecule has 0 aliphatic carbocycles. The smallest absolute Gasteiger partial charge is 0.269 e. The van der Waals surface area contributed by atoms with Crippen LogP contribution in [0.3, 0.4) is 0 Å². The summed E-state index contributed by atoms with van der Waals surface area (Å²) in [5.74, 6) is 0.867. The molecule has 0 bridgehead atoms. The molecule has 2 heterocycles. The molecule has 7 heteroatoms. The van der Waals surface area contributed by atoms with Crippen LogP contribution in [0.5, 0.6) is 5.75 Å². The van der Waals surface area contributed by atoms with Crippen LogP contribution in [0.2, 0.25) is 5.15 Å². The minimum absolute atomic E-state index is 0.168. The number of aromatic nitrogens is 2. The Morgan fingerprint density at radius 3 is 3.00 bits per heavy atom. The number of hydrogen-bond donors (Lipinski definition) is 0. The van der Waals surface area contributed by atoms with Crippen LogP contribution in [0.25, 0.3) is 0 Å². The molecule has 4 nitrogen and oxygen atoms in total. The third-order valence-electron chi connectivity index (χ3n) is 3.11. The minimum Gasteiger partial charge on any atom is -0.493 e. The Hall–Kier alpha value is -0.850. The Morgan fingerprint density at radius 2 is 2.20 bits per heavy atom. The molecule has 0 spiro atoms. The normalized spacial score (nSPS) is 13.2. The number of benzene rings is 1. The van der Waals surface area contributed by atoms with Gasteiger partial charge >= 0.3 is 0 Å². The van der Waals surface area contributed by atoms with Crippen molar-refractivity contribution in [1.82, 2.24) is 9.55 Å². The van der Waals surface area contributed by atoms with Crippen LogP contribution >= 0.6 is 43.5 Å². The lowest BCUT2D eigenvalue weighted by Crippen LogP contribution is -2.22. The van der Waals surface area contributed by atoms with Gasteiger partial charge in [0.2, 0.25) is 0 Å². The van der Waals surface area contributed by atoms with Crippen molar-refractivity contribution in [3.05, 3.63) is 54.0 Å². The van der Waals surface area contributed by atoms with E-state index >= 15 is 0 Å². The molecule has 1 aliphatic rings. The second-order valence-electron chi connectivity index (χ2n) is 4.43. The van der Waals surface area contributed by atoms with Crippen LogP contribution in [-0.2, 0) is 13.0 Å². The van der Waals surface area contributed by atoms with Crippen molar-refractivity contribution in [3.8, 4) is 5.75 Å². The molecule has 20 heavy (non-hydrogen) atoms. The standard InChI is InChI=1S/C13H9Br2ClN2O2/c14-9-3-7-1-2-20-11(7)8(4-9)5-18-6-17-12(16)10(15)13(18)19/h3-4,6H,1-2,5H2. The summed E-state index contributed by atoms with van der Waals surface area (Å²) in [5, 5.41) is 0.168. The molecule has 0 saturated carbocycles. The van der Waals surface area contributed by atoms with Crippen LogP contribution in [0.4, 0.5) is 0 Å². The van der Waals surface area contributed by atoms with Gasteiger partial charge in [-0.1, -0.05) is 27.5 Å². The fourth-order valence-corrected chi connectivity index (χ4v) is 3.21. The fraction of sp³-hybridized carbons (Fsp3) is 0.231. The molecule has 104 valence electrons. The average Bonchev–Trinajstić information content (AvgIpc) is 2.87. The first-order valence-electron chi connectivity index (χ1n) is 5.91. The van der Waals surface area contributed by atoms with E-state index in [1.54, 1.807) is 0 Å². The molecule has 1 aromatic heterocycles. The molecule has 3 rings (SSSR count). The summed E-state index contributed by atoms with van der Waals surface area (Å²) in [6.45, 7) is 1.07. The summed E-state index contributed by atoms with van der Waals surface area (Å²) in [7, 11) is 0. The highest BCUT2D eigenvalue weighted by Crippen LogP contribution is 2.33. The van der Waals surface area contributed by atoms with Gasteiger partial charge in [0.1, 0.15) is 10.2 Å². The Kier molecular flexibility index (Phi) is 3.88. The fourth-order valence-electron chi connectivity index (χ4n) is 2.20. The van der Waals surface area contributed by atoms with Gasteiger partial charge < -0.3 is 4.74 Å². The largest absolute Gasteiger partial charge is 0.493 e. The second kappa shape index (κ2) is 5.50. The summed E-state index contributed by atoms with van der Waals surface area (Å²) >= 11 is 12.4. The van der Waals surface area contributed by atoms with Gasteiger partial charge in [0.05, 0.1) is 19.5 Å². The van der Waals surface area contributed by atoms with Gasteiger partial charge in [-0.25, -0.2) is 4.98 Å². The number of rotatable bonds is 2. The third kappa shape index (κ3) is 2.52. The van der Waals surface area contributed by atoms with E-state index in [0.717, 1.165) is 27.8 Å². The van der Waals surface area contributed by atoms with Gasteiger partial charge in [-0.05, 0) is 33.6 Å². The summed E-state index contributed by atoms with van der Waals surface area (Å²) in [6.07, 6.45) is 2.33. The van der Waals surface area contributed by atoms with Crippen molar-refractivity contribution < 1.29 is 4.74 Å². The van der Waals surface area contributed by atoms with Crippen LogP contribution in [0.1, 0.15) is 11.1 Å². The minimum atomic E-state index is -0.211. The van der Waals surface area contributed by atoms with E-state index in [2.05, 4.69) is 36.8 Å². The molecule has 2 aromatic rings. The predicted molar refractivity (Wildman–Crippen MR) is 83.7 cm³/mol. The molecule has 0 unspecified atom stereocenters. The molecule has 0 radical (unpaired) electrons. The van der Waals surface area contributed by atoms with E-state index in [0.29, 0.717) is 13.2 Å². The summed E-state index contributed by atoms with van der Waals surface area (Å²) < 4.78 is 8.41. The van der Waals surface area contributed by atoms with Gasteiger partial charge in [0, 0.05) is 16.5 Å². The zero-order valence-corrected chi connectivity index (χ0v) is 14.1. The molecule has 0 amide bonds. The van der Waals surface area contributed by atoms with Gasteiger partial charge in [-0.15, -0.1) is 0 Å². The quantitative estimate of drug-likeness (QED) is 0.700.